The Hall–Kier alpha value is -4.48. The second kappa shape index (κ2) is 17.6. The molecule has 3 amide bonds. The number of carboxylic acids is 1. The number of nitrogens with two attached hydrogens (primary N) is 1. The predicted octanol–water partition coefficient (Wildman–Crippen LogP) is 4.00. The molecule has 3 aromatic rings. The van der Waals surface area contributed by atoms with E-state index in [-0.39, 0.29) is 38.4 Å². The molecule has 12 heteroatoms. The van der Waals surface area contributed by atoms with Gasteiger partial charge >= 0.3 is 11.9 Å². The summed E-state index contributed by atoms with van der Waals surface area (Å²) in [4.78, 5) is 66.0. The molecule has 0 aliphatic carbocycles. The molecule has 258 valence electrons. The lowest BCUT2D eigenvalue weighted by Crippen LogP contribution is -2.63. The van der Waals surface area contributed by atoms with E-state index in [4.69, 9.17) is 10.5 Å². The first-order valence-corrected chi connectivity index (χ1v) is 16.1. The number of amides is 3. The van der Waals surface area contributed by atoms with Gasteiger partial charge in [0.2, 0.25) is 17.7 Å². The fourth-order valence-corrected chi connectivity index (χ4v) is 5.70. The first-order chi connectivity index (χ1) is 22.5. The van der Waals surface area contributed by atoms with Crippen molar-refractivity contribution < 1.29 is 33.8 Å². The maximum Gasteiger partial charge on any atom is 0.338 e. The Labute approximate surface area is 287 Å². The summed E-state index contributed by atoms with van der Waals surface area (Å²) in [6.45, 7) is 3.78. The van der Waals surface area contributed by atoms with Crippen LogP contribution in [0.3, 0.4) is 0 Å². The highest BCUT2D eigenvalue weighted by molar-refractivity contribution is 5.96. The number of unbranched alkanes of at least 4 members (excludes halogenated alkanes) is 1. The van der Waals surface area contributed by atoms with Crippen LogP contribution in [0, 0.1) is 0 Å². The van der Waals surface area contributed by atoms with Gasteiger partial charge in [-0.25, -0.2) is 9.59 Å². The van der Waals surface area contributed by atoms with Crippen LogP contribution >= 0.6 is 12.4 Å². The third-order valence-corrected chi connectivity index (χ3v) is 8.77. The number of likely N-dealkylation sites (tertiary alicyclic amines) is 1. The summed E-state index contributed by atoms with van der Waals surface area (Å²) in [5, 5.41) is 17.3. The van der Waals surface area contributed by atoms with E-state index in [1.807, 2.05) is 48.5 Å². The Bertz CT molecular complexity index is 1590. The molecule has 0 spiro atoms. The Morgan fingerprint density at radius 3 is 2.38 bits per heavy atom. The minimum atomic E-state index is -1.39. The van der Waals surface area contributed by atoms with Crippen molar-refractivity contribution in [3.63, 3.8) is 0 Å². The van der Waals surface area contributed by atoms with Crippen molar-refractivity contribution in [3.05, 3.63) is 83.9 Å². The van der Waals surface area contributed by atoms with Crippen LogP contribution in [0.25, 0.3) is 10.8 Å². The summed E-state index contributed by atoms with van der Waals surface area (Å²) in [5.74, 6) is -3.07. The smallest absolute Gasteiger partial charge is 0.338 e. The van der Waals surface area contributed by atoms with Gasteiger partial charge < -0.3 is 31.1 Å². The minimum absolute atomic E-state index is 0. The van der Waals surface area contributed by atoms with E-state index in [1.165, 1.54) is 4.90 Å². The Balaban J connectivity index is 0.00000625. The second-order valence-corrected chi connectivity index (χ2v) is 12.2. The van der Waals surface area contributed by atoms with Gasteiger partial charge in [-0.1, -0.05) is 67.6 Å². The maximum atomic E-state index is 13.8. The van der Waals surface area contributed by atoms with Crippen molar-refractivity contribution in [2.24, 2.45) is 5.73 Å². The number of carbonyl (C=O) groups excluding carboxylic acids is 4. The van der Waals surface area contributed by atoms with Gasteiger partial charge in [0.15, 0.2) is 0 Å². The fourth-order valence-electron chi connectivity index (χ4n) is 5.70. The summed E-state index contributed by atoms with van der Waals surface area (Å²) >= 11 is 0. The number of esters is 1. The minimum Gasteiger partial charge on any atom is -0.480 e. The van der Waals surface area contributed by atoms with Gasteiger partial charge in [-0.3, -0.25) is 14.4 Å². The quantitative estimate of drug-likeness (QED) is 0.138. The average Bonchev–Trinajstić information content (AvgIpc) is 3.58. The van der Waals surface area contributed by atoms with Crippen LogP contribution in [0.15, 0.2) is 72.8 Å². The summed E-state index contributed by atoms with van der Waals surface area (Å²) in [6, 6.07) is 19.3. The summed E-state index contributed by atoms with van der Waals surface area (Å²) in [6.07, 6.45) is 2.59. The molecule has 4 atom stereocenters. The molecule has 3 aromatic carbocycles. The van der Waals surface area contributed by atoms with Crippen molar-refractivity contribution in [1.29, 1.82) is 0 Å². The highest BCUT2D eigenvalue weighted by Gasteiger charge is 2.41. The number of halogens is 1. The molecule has 1 aliphatic heterocycles. The number of carbonyl (C=O) groups is 5. The first-order valence-electron chi connectivity index (χ1n) is 16.1. The molecule has 1 aliphatic rings. The Morgan fingerprint density at radius 1 is 1.00 bits per heavy atom. The van der Waals surface area contributed by atoms with Crippen molar-refractivity contribution >= 4 is 52.8 Å². The zero-order chi connectivity index (χ0) is 34.0. The van der Waals surface area contributed by atoms with Crippen molar-refractivity contribution in [1.82, 2.24) is 15.5 Å². The SMILES string of the molecule is CC[C@](C)(NC(=O)[C@@H](N)CCCCOC(=O)c1ccccc1)C(=O)N[C@@H](Cc1ccc2ccccc2c1)C(=O)N1CCC[C@@H]1C(=O)O.Cl. The summed E-state index contributed by atoms with van der Waals surface area (Å²) < 4.78 is 5.28. The summed E-state index contributed by atoms with van der Waals surface area (Å²) in [5.41, 5.74) is 6.04. The van der Waals surface area contributed by atoms with E-state index in [0.717, 1.165) is 16.3 Å². The molecule has 11 nitrogen and oxygen atoms in total. The summed E-state index contributed by atoms with van der Waals surface area (Å²) in [7, 11) is 0. The number of nitrogens with one attached hydrogen (secondary N) is 2. The number of carboxylic acid groups (broad SMARTS) is 1. The van der Waals surface area contributed by atoms with Crippen molar-refractivity contribution in [3.8, 4) is 0 Å². The molecule has 0 bridgehead atoms. The van der Waals surface area contributed by atoms with Crippen molar-refractivity contribution in [2.75, 3.05) is 13.2 Å². The van der Waals surface area contributed by atoms with Gasteiger partial charge in [0.25, 0.3) is 0 Å². The van der Waals surface area contributed by atoms with E-state index in [0.29, 0.717) is 37.7 Å². The Kier molecular flexibility index (Phi) is 13.9. The van der Waals surface area contributed by atoms with Crippen LogP contribution < -0.4 is 16.4 Å². The molecule has 1 heterocycles. The molecule has 1 fully saturated rings. The van der Waals surface area contributed by atoms with Crippen LogP contribution in [-0.2, 0) is 30.3 Å². The monoisotopic (exact) mass is 680 g/mol. The van der Waals surface area contributed by atoms with Gasteiger partial charge in [-0.15, -0.1) is 12.4 Å². The molecule has 0 saturated carbocycles. The number of fused-ring (bicyclic) bond motifs is 1. The lowest BCUT2D eigenvalue weighted by Gasteiger charge is -2.33. The van der Waals surface area contributed by atoms with Crippen LogP contribution in [0.4, 0.5) is 0 Å². The fraction of sp³-hybridized carbons (Fsp3) is 0.417. The zero-order valence-electron chi connectivity index (χ0n) is 27.4. The highest BCUT2D eigenvalue weighted by Crippen LogP contribution is 2.22. The van der Waals surface area contributed by atoms with Gasteiger partial charge in [0.1, 0.15) is 17.6 Å². The molecule has 4 rings (SSSR count). The molecule has 1 saturated heterocycles. The topological polar surface area (TPSA) is 168 Å². The first kappa shape index (κ1) is 38.0. The van der Waals surface area contributed by atoms with Gasteiger partial charge in [-0.2, -0.15) is 0 Å². The second-order valence-electron chi connectivity index (χ2n) is 12.2. The number of hydrogen-bond donors (Lipinski definition) is 4. The van der Waals surface area contributed by atoms with E-state index in [2.05, 4.69) is 10.6 Å². The van der Waals surface area contributed by atoms with E-state index < -0.39 is 53.3 Å². The molecule has 0 aromatic heterocycles. The van der Waals surface area contributed by atoms with Crippen LogP contribution in [0.1, 0.15) is 68.3 Å². The molecule has 0 unspecified atom stereocenters. The van der Waals surface area contributed by atoms with E-state index in [9.17, 15) is 29.1 Å². The molecular weight excluding hydrogens is 636 g/mol. The third kappa shape index (κ3) is 9.77. The van der Waals surface area contributed by atoms with Crippen molar-refractivity contribution in [2.45, 2.75) is 82.5 Å². The standard InChI is InChI=1S/C36H44N4O7.ClH/c1-3-36(2,39-31(41)28(37)16-9-10-21-47-34(45)26-13-5-4-6-14-26)35(46)38-29(32(42)40-20-11-17-30(40)33(43)44)23-24-18-19-25-12-7-8-15-27(25)22-24;/h4-8,12-15,18-19,22,28-30H,3,9-11,16-17,20-21,23,37H2,1-2H3,(H,38,46)(H,39,41)(H,43,44);1H/t28-,29-,30+,36-;/m0./s1. The van der Waals surface area contributed by atoms with Crippen LogP contribution in [0.5, 0.6) is 0 Å². The molecular formula is C36H45ClN4O7. The Morgan fingerprint density at radius 2 is 1.69 bits per heavy atom. The molecule has 5 N–H and O–H groups in total. The lowest BCUT2D eigenvalue weighted by atomic mass is 9.94. The normalized spacial score (nSPS) is 16.6. The van der Waals surface area contributed by atoms with Gasteiger partial charge in [0, 0.05) is 13.0 Å². The zero-order valence-corrected chi connectivity index (χ0v) is 28.2. The van der Waals surface area contributed by atoms with E-state index >= 15 is 0 Å². The lowest BCUT2D eigenvalue weighted by molar-refractivity contribution is -0.149. The molecule has 48 heavy (non-hydrogen) atoms. The predicted molar refractivity (Wildman–Crippen MR) is 185 cm³/mol. The number of rotatable bonds is 15. The number of hydrogen-bond acceptors (Lipinski definition) is 7. The number of benzene rings is 3. The van der Waals surface area contributed by atoms with Crippen LogP contribution in [0.2, 0.25) is 0 Å². The van der Waals surface area contributed by atoms with Gasteiger partial charge in [0.05, 0.1) is 18.2 Å². The van der Waals surface area contributed by atoms with E-state index in [1.54, 1.807) is 38.1 Å². The van der Waals surface area contributed by atoms with Crippen LogP contribution in [-0.4, -0.2) is 76.5 Å². The average molecular weight is 681 g/mol. The largest absolute Gasteiger partial charge is 0.480 e. The molecule has 0 radical (unpaired) electrons. The maximum absolute atomic E-state index is 13.8. The highest BCUT2D eigenvalue weighted by atomic mass is 35.5. The number of nitrogens with zero attached hydrogens (tertiary/aromatic N) is 1. The number of ether oxygens (including phenoxy) is 1. The number of aliphatic carboxylic acids is 1. The third-order valence-electron chi connectivity index (χ3n) is 8.77. The van der Waals surface area contributed by atoms with Gasteiger partial charge in [-0.05, 0) is 73.9 Å².